The first-order valence-electron chi connectivity index (χ1n) is 12.1. The molecule has 2 fully saturated rings. The molecule has 1 atom stereocenters. The van der Waals surface area contributed by atoms with Crippen molar-refractivity contribution in [3.05, 3.63) is 76.1 Å². The highest BCUT2D eigenvalue weighted by Gasteiger charge is 2.33. The number of aryl methyl sites for hydroxylation is 1. The van der Waals surface area contributed by atoms with Gasteiger partial charge < -0.3 is 15.4 Å². The van der Waals surface area contributed by atoms with Gasteiger partial charge in [0.15, 0.2) is 6.61 Å². The second-order valence-electron chi connectivity index (χ2n) is 9.46. The van der Waals surface area contributed by atoms with Crippen LogP contribution in [-0.4, -0.2) is 34.2 Å². The fourth-order valence-corrected chi connectivity index (χ4v) is 4.23. The minimum absolute atomic E-state index is 0.00225. The zero-order valence-electron chi connectivity index (χ0n) is 19.9. The maximum atomic E-state index is 13.2. The maximum Gasteiger partial charge on any atom is 0.258 e. The van der Waals surface area contributed by atoms with Crippen LogP contribution in [0.2, 0.25) is 5.02 Å². The molecule has 1 aromatic heterocycles. The minimum atomic E-state index is -0.209. The summed E-state index contributed by atoms with van der Waals surface area (Å²) in [7, 11) is 0. The largest absolute Gasteiger partial charge is 0.484 e. The highest BCUT2D eigenvalue weighted by atomic mass is 35.5. The van der Waals surface area contributed by atoms with Crippen LogP contribution >= 0.6 is 11.6 Å². The van der Waals surface area contributed by atoms with Crippen molar-refractivity contribution in [1.82, 2.24) is 20.4 Å². The van der Waals surface area contributed by atoms with Crippen molar-refractivity contribution < 1.29 is 14.3 Å². The van der Waals surface area contributed by atoms with Crippen LogP contribution in [0.15, 0.2) is 48.7 Å². The minimum Gasteiger partial charge on any atom is -0.484 e. The van der Waals surface area contributed by atoms with E-state index < -0.39 is 0 Å². The predicted octanol–water partition coefficient (Wildman–Crippen LogP) is 4.86. The van der Waals surface area contributed by atoms with Gasteiger partial charge in [-0.25, -0.2) is 4.68 Å². The van der Waals surface area contributed by atoms with Crippen LogP contribution in [-0.2, 0) is 4.79 Å². The van der Waals surface area contributed by atoms with Crippen LogP contribution in [0.4, 0.5) is 0 Å². The number of carbonyl (C=O) groups excluding carboxylic acids is 2. The maximum absolute atomic E-state index is 13.2. The molecule has 0 bridgehead atoms. The Labute approximate surface area is 209 Å². The molecular formula is C27H29ClN4O3. The number of carbonyl (C=O) groups is 2. The molecule has 2 N–H and O–H groups in total. The number of ether oxygens (including phenoxy) is 1. The summed E-state index contributed by atoms with van der Waals surface area (Å²) < 4.78 is 7.41. The van der Waals surface area contributed by atoms with Crippen molar-refractivity contribution >= 4 is 23.4 Å². The summed E-state index contributed by atoms with van der Waals surface area (Å²) in [6.45, 7) is 3.90. The molecule has 2 saturated carbocycles. The van der Waals surface area contributed by atoms with Gasteiger partial charge in [-0.15, -0.1) is 0 Å². The average molecular weight is 493 g/mol. The van der Waals surface area contributed by atoms with E-state index in [-0.39, 0.29) is 24.5 Å². The summed E-state index contributed by atoms with van der Waals surface area (Å²) in [6.07, 6.45) is 5.83. The Bertz CT molecular complexity index is 1250. The number of amides is 2. The molecule has 0 saturated heterocycles. The number of hydrogen-bond donors (Lipinski definition) is 2. The molecule has 3 aromatic rings. The second-order valence-corrected chi connectivity index (χ2v) is 9.86. The quantitative estimate of drug-likeness (QED) is 0.446. The molecule has 7 nitrogen and oxygen atoms in total. The molecule has 0 aliphatic heterocycles. The van der Waals surface area contributed by atoms with Crippen LogP contribution in [0.1, 0.15) is 71.7 Å². The molecule has 2 aromatic carbocycles. The third-order valence-electron chi connectivity index (χ3n) is 6.46. The predicted molar refractivity (Wildman–Crippen MR) is 134 cm³/mol. The van der Waals surface area contributed by atoms with Gasteiger partial charge in [-0.1, -0.05) is 29.8 Å². The van der Waals surface area contributed by atoms with E-state index in [1.807, 2.05) is 61.0 Å². The molecule has 0 radical (unpaired) electrons. The number of rotatable bonds is 9. The van der Waals surface area contributed by atoms with E-state index in [2.05, 4.69) is 15.7 Å². The molecule has 2 aliphatic carbocycles. The van der Waals surface area contributed by atoms with Crippen molar-refractivity contribution in [2.45, 2.75) is 57.5 Å². The molecule has 8 heteroatoms. The summed E-state index contributed by atoms with van der Waals surface area (Å²) in [4.78, 5) is 25.0. The smallest absolute Gasteiger partial charge is 0.258 e. The Hall–Kier alpha value is -3.32. The molecule has 1 unspecified atom stereocenters. The molecule has 35 heavy (non-hydrogen) atoms. The SMILES string of the molecule is Cc1ccc(-n2ncc(C(=O)NC(C)c3ccc(OCC(=O)NC4CC4)cc3)c2C2CC2)cc1Cl. The van der Waals surface area contributed by atoms with Crippen LogP contribution < -0.4 is 15.4 Å². The zero-order valence-corrected chi connectivity index (χ0v) is 20.6. The lowest BCUT2D eigenvalue weighted by molar-refractivity contribution is -0.123. The number of aromatic nitrogens is 2. The Kier molecular flexibility index (Phi) is 6.52. The van der Waals surface area contributed by atoms with Gasteiger partial charge in [-0.2, -0.15) is 5.10 Å². The first-order valence-corrected chi connectivity index (χ1v) is 12.4. The fourth-order valence-electron chi connectivity index (χ4n) is 4.06. The number of nitrogens with zero attached hydrogens (tertiary/aromatic N) is 2. The lowest BCUT2D eigenvalue weighted by Gasteiger charge is -2.16. The van der Waals surface area contributed by atoms with Crippen LogP contribution in [0, 0.1) is 6.92 Å². The van der Waals surface area contributed by atoms with Crippen molar-refractivity contribution in [1.29, 1.82) is 0 Å². The highest BCUT2D eigenvalue weighted by Crippen LogP contribution is 2.42. The van der Waals surface area contributed by atoms with E-state index in [0.29, 0.717) is 28.3 Å². The van der Waals surface area contributed by atoms with Crippen molar-refractivity contribution in [2.75, 3.05) is 6.61 Å². The Morgan fingerprint density at radius 3 is 2.54 bits per heavy atom. The van der Waals surface area contributed by atoms with Gasteiger partial charge in [0.05, 0.1) is 29.2 Å². The molecular weight excluding hydrogens is 464 g/mol. The van der Waals surface area contributed by atoms with Gasteiger partial charge in [0.2, 0.25) is 0 Å². The topological polar surface area (TPSA) is 85.2 Å². The molecule has 2 aliphatic rings. The van der Waals surface area contributed by atoms with E-state index in [4.69, 9.17) is 16.3 Å². The second kappa shape index (κ2) is 9.74. The first-order chi connectivity index (χ1) is 16.9. The number of benzene rings is 2. The number of halogens is 1. The third-order valence-corrected chi connectivity index (χ3v) is 6.86. The molecule has 182 valence electrons. The van der Waals surface area contributed by atoms with E-state index >= 15 is 0 Å². The molecule has 1 heterocycles. The van der Waals surface area contributed by atoms with Crippen molar-refractivity contribution in [2.24, 2.45) is 0 Å². The van der Waals surface area contributed by atoms with E-state index in [9.17, 15) is 9.59 Å². The third kappa shape index (κ3) is 5.51. The van der Waals surface area contributed by atoms with Gasteiger partial charge in [0.25, 0.3) is 11.8 Å². The normalized spacial score (nSPS) is 16.0. The van der Waals surface area contributed by atoms with Crippen molar-refractivity contribution in [3.63, 3.8) is 0 Å². The van der Waals surface area contributed by atoms with Crippen LogP contribution in [0.5, 0.6) is 5.75 Å². The first kappa shape index (κ1) is 23.4. The highest BCUT2D eigenvalue weighted by molar-refractivity contribution is 6.31. The Morgan fingerprint density at radius 2 is 1.89 bits per heavy atom. The van der Waals surface area contributed by atoms with Crippen LogP contribution in [0.25, 0.3) is 5.69 Å². The van der Waals surface area contributed by atoms with Gasteiger partial charge in [-0.3, -0.25) is 9.59 Å². The zero-order chi connectivity index (χ0) is 24.5. The molecule has 5 rings (SSSR count). The Morgan fingerprint density at radius 1 is 1.14 bits per heavy atom. The van der Waals surface area contributed by atoms with E-state index in [0.717, 1.165) is 48.2 Å². The van der Waals surface area contributed by atoms with Crippen LogP contribution in [0.3, 0.4) is 0 Å². The van der Waals surface area contributed by atoms with Gasteiger partial charge >= 0.3 is 0 Å². The van der Waals surface area contributed by atoms with Gasteiger partial charge in [0.1, 0.15) is 5.75 Å². The summed E-state index contributed by atoms with van der Waals surface area (Å²) in [6, 6.07) is 13.4. The summed E-state index contributed by atoms with van der Waals surface area (Å²) >= 11 is 6.34. The molecule has 2 amide bonds. The van der Waals surface area contributed by atoms with Gasteiger partial charge in [-0.05, 0) is 74.9 Å². The average Bonchev–Trinajstić information content (AvgIpc) is 3.79. The Balaban J connectivity index is 1.25. The molecule has 0 spiro atoms. The lowest BCUT2D eigenvalue weighted by atomic mass is 10.1. The lowest BCUT2D eigenvalue weighted by Crippen LogP contribution is -2.30. The summed E-state index contributed by atoms with van der Waals surface area (Å²) in [5.41, 5.74) is 4.33. The fraction of sp³-hybridized carbons (Fsp3) is 0.370. The monoisotopic (exact) mass is 492 g/mol. The number of hydrogen-bond acceptors (Lipinski definition) is 4. The van der Waals surface area contributed by atoms with E-state index in [1.54, 1.807) is 6.20 Å². The summed E-state index contributed by atoms with van der Waals surface area (Å²) in [5, 5.41) is 11.2. The van der Waals surface area contributed by atoms with E-state index in [1.165, 1.54) is 0 Å². The summed E-state index contributed by atoms with van der Waals surface area (Å²) in [5.74, 6) is 0.688. The van der Waals surface area contributed by atoms with Crippen molar-refractivity contribution in [3.8, 4) is 11.4 Å². The standard InChI is InChI=1S/C27H29ClN4O3/c1-16-3-10-21(13-24(16)28)32-26(19-4-5-19)23(14-29-32)27(34)30-17(2)18-6-11-22(12-7-18)35-15-25(33)31-20-8-9-20/h3,6-7,10-14,17,19-20H,4-5,8-9,15H2,1-2H3,(H,30,34)(H,31,33). The number of nitrogens with one attached hydrogen (secondary N) is 2. The van der Waals surface area contributed by atoms with Gasteiger partial charge in [0, 0.05) is 17.0 Å².